The number of hydrogen-bond donors (Lipinski definition) is 1. The lowest BCUT2D eigenvalue weighted by molar-refractivity contribution is -0.248. The fraction of sp³-hybridized carbons (Fsp3) is 0.300. The van der Waals surface area contributed by atoms with Crippen LogP contribution in [-0.4, -0.2) is 36.5 Å². The molecule has 0 amide bonds. The molecule has 0 aromatic heterocycles. The number of ether oxygens (including phenoxy) is 1. The van der Waals surface area contributed by atoms with Gasteiger partial charge in [0.2, 0.25) is 0 Å². The van der Waals surface area contributed by atoms with Crippen LogP contribution in [0.3, 0.4) is 0 Å². The van der Waals surface area contributed by atoms with Crippen molar-refractivity contribution in [3.8, 4) is 0 Å². The molecule has 5 nitrogen and oxygen atoms in total. The topological polar surface area (TPSA) is 80.7 Å². The van der Waals surface area contributed by atoms with Crippen molar-refractivity contribution in [1.82, 2.24) is 0 Å². The summed E-state index contributed by atoms with van der Waals surface area (Å²) in [5, 5.41) is -5.76. The molecule has 0 aliphatic rings. The third-order valence-corrected chi connectivity index (χ3v) is 3.86. The van der Waals surface area contributed by atoms with Crippen LogP contribution in [0.1, 0.15) is 10.4 Å². The van der Waals surface area contributed by atoms with Gasteiger partial charge < -0.3 is 4.74 Å². The third kappa shape index (κ3) is 3.93. The largest absolute Gasteiger partial charge is 0.441 e. The van der Waals surface area contributed by atoms with Crippen molar-refractivity contribution in [2.24, 2.45) is 0 Å². The Kier molecular flexibility index (Phi) is 5.19. The lowest BCUT2D eigenvalue weighted by Crippen LogP contribution is -2.52. The Morgan fingerprint density at radius 1 is 1.18 bits per heavy atom. The first kappa shape index (κ1) is 18.8. The van der Waals surface area contributed by atoms with Crippen LogP contribution in [0, 0.1) is 0 Å². The van der Waals surface area contributed by atoms with Crippen molar-refractivity contribution in [3.63, 3.8) is 0 Å². The van der Waals surface area contributed by atoms with E-state index in [1.165, 1.54) is 18.2 Å². The molecule has 0 heterocycles. The first-order valence-corrected chi connectivity index (χ1v) is 7.39. The minimum absolute atomic E-state index is 0.0592. The molecule has 1 atom stereocenters. The second-order valence-corrected chi connectivity index (χ2v) is 6.19. The van der Waals surface area contributed by atoms with Gasteiger partial charge in [0.05, 0.1) is 5.56 Å². The second-order valence-electron chi connectivity index (χ2n) is 3.84. The van der Waals surface area contributed by atoms with E-state index in [0.717, 1.165) is 6.07 Å². The van der Waals surface area contributed by atoms with Crippen LogP contribution < -0.4 is 0 Å². The van der Waals surface area contributed by atoms with Crippen LogP contribution in [0.4, 0.5) is 22.0 Å². The highest BCUT2D eigenvalue weighted by Gasteiger charge is 2.66. The molecule has 0 spiro atoms. The zero-order chi connectivity index (χ0) is 17.3. The van der Waals surface area contributed by atoms with Crippen LogP contribution in [0.25, 0.3) is 0 Å². The van der Waals surface area contributed by atoms with Crippen molar-refractivity contribution in [2.45, 2.75) is 17.5 Å². The van der Waals surface area contributed by atoms with Gasteiger partial charge in [-0.15, -0.1) is 0 Å². The number of alkyl halides is 5. The van der Waals surface area contributed by atoms with Crippen LogP contribution >= 0.6 is 15.9 Å². The van der Waals surface area contributed by atoms with Gasteiger partial charge in [0.25, 0.3) is 6.10 Å². The van der Waals surface area contributed by atoms with Crippen molar-refractivity contribution < 1.29 is 44.5 Å². The first-order valence-electron chi connectivity index (χ1n) is 5.15. The highest BCUT2D eigenvalue weighted by Crippen LogP contribution is 2.38. The van der Waals surface area contributed by atoms with E-state index < -0.39 is 39.2 Å². The van der Waals surface area contributed by atoms with Gasteiger partial charge in [-0.2, -0.15) is 30.4 Å². The Morgan fingerprint density at radius 2 is 1.68 bits per heavy atom. The van der Waals surface area contributed by atoms with E-state index in [1.807, 2.05) is 0 Å². The standard InChI is InChI=1S/C10H6BrF5O5S/c11-6-4-2-1-3-5(6)7(17)21-8(9(12,13)14)10(15,16)22(18,19)20/h1-4,8H,(H,18,19,20). The molecule has 22 heavy (non-hydrogen) atoms. The molecule has 1 rings (SSSR count). The molecule has 124 valence electrons. The zero-order valence-corrected chi connectivity index (χ0v) is 12.5. The van der Waals surface area contributed by atoms with Crippen LogP contribution in [0.2, 0.25) is 0 Å². The fourth-order valence-electron chi connectivity index (χ4n) is 1.26. The summed E-state index contributed by atoms with van der Waals surface area (Å²) in [5.41, 5.74) is -0.539. The van der Waals surface area contributed by atoms with Gasteiger partial charge in [-0.3, -0.25) is 4.55 Å². The number of carbonyl (C=O) groups is 1. The van der Waals surface area contributed by atoms with E-state index in [1.54, 1.807) is 0 Å². The number of esters is 1. The van der Waals surface area contributed by atoms with Gasteiger partial charge in [0, 0.05) is 4.47 Å². The van der Waals surface area contributed by atoms with E-state index in [0.29, 0.717) is 0 Å². The summed E-state index contributed by atoms with van der Waals surface area (Å²) in [7, 11) is -6.46. The van der Waals surface area contributed by atoms with Gasteiger partial charge in [0.1, 0.15) is 0 Å². The molecule has 0 fully saturated rings. The first-order chi connectivity index (χ1) is 9.78. The van der Waals surface area contributed by atoms with Crippen molar-refractivity contribution in [1.29, 1.82) is 0 Å². The number of halogens is 6. The molecule has 1 aromatic carbocycles. The summed E-state index contributed by atoms with van der Waals surface area (Å²) in [6, 6.07) is 4.78. The van der Waals surface area contributed by atoms with E-state index in [2.05, 4.69) is 20.7 Å². The average Bonchev–Trinajstić information content (AvgIpc) is 2.33. The molecule has 0 radical (unpaired) electrons. The summed E-state index contributed by atoms with van der Waals surface area (Å²) >= 11 is 2.79. The van der Waals surface area contributed by atoms with E-state index >= 15 is 0 Å². The molecule has 1 N–H and O–H groups in total. The van der Waals surface area contributed by atoms with Gasteiger partial charge in [-0.05, 0) is 28.1 Å². The second kappa shape index (κ2) is 6.08. The fourth-order valence-corrected chi connectivity index (χ4v) is 2.16. The Morgan fingerprint density at radius 3 is 2.09 bits per heavy atom. The molecule has 0 bridgehead atoms. The minimum atomic E-state index is -6.46. The molecule has 1 unspecified atom stereocenters. The molecule has 0 aliphatic carbocycles. The summed E-state index contributed by atoms with van der Waals surface area (Å²) in [6.07, 6.45) is -10.3. The molecule has 1 aromatic rings. The summed E-state index contributed by atoms with van der Waals surface area (Å²) < 4.78 is 96.8. The molecular formula is C10H6BrF5O5S. The van der Waals surface area contributed by atoms with Crippen LogP contribution in [0.5, 0.6) is 0 Å². The summed E-state index contributed by atoms with van der Waals surface area (Å²) in [4.78, 5) is 11.5. The van der Waals surface area contributed by atoms with Gasteiger partial charge in [-0.1, -0.05) is 12.1 Å². The van der Waals surface area contributed by atoms with Crippen LogP contribution in [-0.2, 0) is 14.9 Å². The van der Waals surface area contributed by atoms with Crippen LogP contribution in [0.15, 0.2) is 28.7 Å². The van der Waals surface area contributed by atoms with E-state index in [-0.39, 0.29) is 4.47 Å². The number of benzene rings is 1. The van der Waals surface area contributed by atoms with Gasteiger partial charge >= 0.3 is 27.5 Å². The third-order valence-electron chi connectivity index (χ3n) is 2.27. The predicted molar refractivity (Wildman–Crippen MR) is 65.9 cm³/mol. The molecule has 0 aliphatic heterocycles. The molecular weight excluding hydrogens is 407 g/mol. The average molecular weight is 413 g/mol. The zero-order valence-electron chi connectivity index (χ0n) is 10.1. The predicted octanol–water partition coefficient (Wildman–Crippen LogP) is 3.02. The monoisotopic (exact) mass is 412 g/mol. The Bertz CT molecular complexity index is 673. The van der Waals surface area contributed by atoms with Gasteiger partial charge in [-0.25, -0.2) is 4.79 Å². The molecule has 0 saturated heterocycles. The van der Waals surface area contributed by atoms with Gasteiger partial charge in [0.15, 0.2) is 0 Å². The highest BCUT2D eigenvalue weighted by atomic mass is 79.9. The molecule has 12 heteroatoms. The summed E-state index contributed by atoms with van der Waals surface area (Å²) in [5.74, 6) is -1.85. The maximum Gasteiger partial charge on any atom is 0.432 e. The number of hydrogen-bond acceptors (Lipinski definition) is 4. The van der Waals surface area contributed by atoms with Crippen molar-refractivity contribution >= 4 is 32.0 Å². The quantitative estimate of drug-likeness (QED) is 0.467. The number of carbonyl (C=O) groups excluding carboxylic acids is 1. The van der Waals surface area contributed by atoms with Crippen molar-refractivity contribution in [3.05, 3.63) is 34.3 Å². The SMILES string of the molecule is O=C(OC(C(F)(F)F)C(F)(F)S(=O)(=O)O)c1ccccc1Br. The Hall–Kier alpha value is -1.27. The normalized spacial score (nSPS) is 14.5. The highest BCUT2D eigenvalue weighted by molar-refractivity contribution is 9.10. The lowest BCUT2D eigenvalue weighted by atomic mass is 10.2. The van der Waals surface area contributed by atoms with E-state index in [4.69, 9.17) is 4.55 Å². The maximum atomic E-state index is 13.2. The smallest absolute Gasteiger partial charge is 0.432 e. The van der Waals surface area contributed by atoms with Crippen molar-refractivity contribution in [2.75, 3.05) is 0 Å². The minimum Gasteiger partial charge on any atom is -0.441 e. The number of rotatable bonds is 4. The maximum absolute atomic E-state index is 13.2. The van der Waals surface area contributed by atoms with E-state index in [9.17, 15) is 35.2 Å². The lowest BCUT2D eigenvalue weighted by Gasteiger charge is -2.26. The summed E-state index contributed by atoms with van der Waals surface area (Å²) in [6.45, 7) is 0. The Balaban J connectivity index is 3.23. The molecule has 0 saturated carbocycles. The Labute approximate surface area is 128 Å².